The Balaban J connectivity index is 1.46. The SMILES string of the molecule is CCCCCCCOc1ccc(-c2ncc3c(n2)CCC(CCCCCCC)C3)cc1. The Labute approximate surface area is 190 Å². The van der Waals surface area contributed by atoms with Crippen molar-refractivity contribution < 1.29 is 4.74 Å². The number of fused-ring (bicyclic) bond motifs is 1. The van der Waals surface area contributed by atoms with Crippen LogP contribution in [0.3, 0.4) is 0 Å². The van der Waals surface area contributed by atoms with Gasteiger partial charge in [0.15, 0.2) is 5.82 Å². The van der Waals surface area contributed by atoms with E-state index in [2.05, 4.69) is 44.3 Å². The summed E-state index contributed by atoms with van der Waals surface area (Å²) in [6.07, 6.45) is 20.2. The van der Waals surface area contributed by atoms with E-state index in [-0.39, 0.29) is 0 Å². The average molecular weight is 423 g/mol. The van der Waals surface area contributed by atoms with E-state index in [1.807, 2.05) is 0 Å². The summed E-state index contributed by atoms with van der Waals surface area (Å²) in [5.74, 6) is 2.61. The number of unbranched alkanes of at least 4 members (excludes halogenated alkanes) is 8. The molecule has 170 valence electrons. The van der Waals surface area contributed by atoms with Gasteiger partial charge in [-0.3, -0.25) is 0 Å². The van der Waals surface area contributed by atoms with Crippen LogP contribution in [0.5, 0.6) is 5.75 Å². The highest BCUT2D eigenvalue weighted by atomic mass is 16.5. The molecule has 0 spiro atoms. The molecular formula is C28H42N2O. The van der Waals surface area contributed by atoms with Gasteiger partial charge >= 0.3 is 0 Å². The quantitative estimate of drug-likeness (QED) is 0.290. The van der Waals surface area contributed by atoms with Crippen LogP contribution < -0.4 is 4.74 Å². The molecule has 1 aromatic heterocycles. The first kappa shape index (κ1) is 23.8. The van der Waals surface area contributed by atoms with Gasteiger partial charge in [-0.1, -0.05) is 78.1 Å². The molecule has 1 heterocycles. The fourth-order valence-electron chi connectivity index (χ4n) is 4.60. The highest BCUT2D eigenvalue weighted by molar-refractivity contribution is 5.56. The third-order valence-corrected chi connectivity index (χ3v) is 6.60. The number of benzene rings is 1. The van der Waals surface area contributed by atoms with Crippen molar-refractivity contribution in [3.8, 4) is 17.1 Å². The third kappa shape index (κ3) is 7.94. The Bertz CT molecular complexity index is 756. The van der Waals surface area contributed by atoms with E-state index in [9.17, 15) is 0 Å². The van der Waals surface area contributed by atoms with Crippen molar-refractivity contribution in [3.05, 3.63) is 41.7 Å². The Morgan fingerprint density at radius 3 is 2.32 bits per heavy atom. The van der Waals surface area contributed by atoms with Gasteiger partial charge in [0.25, 0.3) is 0 Å². The first-order valence-electron chi connectivity index (χ1n) is 12.9. The lowest BCUT2D eigenvalue weighted by molar-refractivity contribution is 0.304. The van der Waals surface area contributed by atoms with Gasteiger partial charge in [0.2, 0.25) is 0 Å². The molecule has 2 aromatic rings. The lowest BCUT2D eigenvalue weighted by Gasteiger charge is -2.24. The number of hydrogen-bond acceptors (Lipinski definition) is 3. The van der Waals surface area contributed by atoms with Gasteiger partial charge in [0, 0.05) is 17.5 Å². The predicted molar refractivity (Wildman–Crippen MR) is 131 cm³/mol. The second-order valence-electron chi connectivity index (χ2n) is 9.26. The summed E-state index contributed by atoms with van der Waals surface area (Å²) in [4.78, 5) is 9.62. The number of nitrogens with zero attached hydrogens (tertiary/aromatic N) is 2. The maximum Gasteiger partial charge on any atom is 0.159 e. The molecule has 3 heteroatoms. The zero-order valence-electron chi connectivity index (χ0n) is 19.9. The van der Waals surface area contributed by atoms with Crippen molar-refractivity contribution >= 4 is 0 Å². The van der Waals surface area contributed by atoms with E-state index < -0.39 is 0 Å². The molecule has 0 fully saturated rings. The van der Waals surface area contributed by atoms with E-state index >= 15 is 0 Å². The molecule has 1 aromatic carbocycles. The normalized spacial score (nSPS) is 15.6. The minimum Gasteiger partial charge on any atom is -0.494 e. The molecule has 1 aliphatic rings. The van der Waals surface area contributed by atoms with Crippen molar-refractivity contribution in [2.75, 3.05) is 6.61 Å². The lowest BCUT2D eigenvalue weighted by atomic mass is 9.84. The van der Waals surface area contributed by atoms with Crippen LogP contribution in [0.25, 0.3) is 11.4 Å². The summed E-state index contributed by atoms with van der Waals surface area (Å²) >= 11 is 0. The van der Waals surface area contributed by atoms with Gasteiger partial charge in [-0.05, 0) is 61.4 Å². The fraction of sp³-hybridized carbons (Fsp3) is 0.643. The van der Waals surface area contributed by atoms with E-state index in [0.29, 0.717) is 0 Å². The summed E-state index contributed by atoms with van der Waals surface area (Å²) in [6, 6.07) is 8.30. The van der Waals surface area contributed by atoms with Crippen LogP contribution in [0.2, 0.25) is 0 Å². The number of hydrogen-bond donors (Lipinski definition) is 0. The van der Waals surface area contributed by atoms with Crippen LogP contribution in [-0.4, -0.2) is 16.6 Å². The summed E-state index contributed by atoms with van der Waals surface area (Å²) in [6.45, 7) is 5.33. The summed E-state index contributed by atoms with van der Waals surface area (Å²) in [5, 5.41) is 0. The molecule has 0 N–H and O–H groups in total. The van der Waals surface area contributed by atoms with Gasteiger partial charge in [-0.15, -0.1) is 0 Å². The largest absolute Gasteiger partial charge is 0.494 e. The Morgan fingerprint density at radius 1 is 0.871 bits per heavy atom. The molecule has 3 nitrogen and oxygen atoms in total. The second kappa shape index (κ2) is 13.5. The van der Waals surface area contributed by atoms with Gasteiger partial charge in [0.1, 0.15) is 5.75 Å². The van der Waals surface area contributed by atoms with E-state index in [0.717, 1.165) is 48.9 Å². The maximum absolute atomic E-state index is 5.89. The molecule has 0 aliphatic heterocycles. The van der Waals surface area contributed by atoms with Crippen LogP contribution >= 0.6 is 0 Å². The molecule has 0 amide bonds. The van der Waals surface area contributed by atoms with Crippen molar-refractivity contribution in [1.29, 1.82) is 0 Å². The van der Waals surface area contributed by atoms with Gasteiger partial charge in [-0.25, -0.2) is 9.97 Å². The van der Waals surface area contributed by atoms with Crippen LogP contribution in [-0.2, 0) is 12.8 Å². The second-order valence-corrected chi connectivity index (χ2v) is 9.26. The monoisotopic (exact) mass is 422 g/mol. The fourth-order valence-corrected chi connectivity index (χ4v) is 4.60. The summed E-state index contributed by atoms with van der Waals surface area (Å²) < 4.78 is 5.89. The van der Waals surface area contributed by atoms with E-state index in [1.165, 1.54) is 81.9 Å². The molecule has 0 bridgehead atoms. The molecular weight excluding hydrogens is 380 g/mol. The van der Waals surface area contributed by atoms with Gasteiger partial charge < -0.3 is 4.74 Å². The number of ether oxygens (including phenoxy) is 1. The van der Waals surface area contributed by atoms with Crippen LogP contribution in [0.15, 0.2) is 30.5 Å². The van der Waals surface area contributed by atoms with Crippen molar-refractivity contribution in [1.82, 2.24) is 9.97 Å². The average Bonchev–Trinajstić information content (AvgIpc) is 2.81. The van der Waals surface area contributed by atoms with Gasteiger partial charge in [0.05, 0.1) is 6.61 Å². The minimum atomic E-state index is 0.804. The predicted octanol–water partition coefficient (Wildman–Crippen LogP) is 7.96. The van der Waals surface area contributed by atoms with Crippen LogP contribution in [0.1, 0.15) is 102 Å². The molecule has 0 saturated heterocycles. The first-order valence-corrected chi connectivity index (χ1v) is 12.9. The molecule has 0 radical (unpaired) electrons. The minimum absolute atomic E-state index is 0.804. The summed E-state index contributed by atoms with van der Waals surface area (Å²) in [5.41, 5.74) is 3.72. The Kier molecular flexibility index (Phi) is 10.3. The molecule has 0 saturated carbocycles. The molecule has 1 atom stereocenters. The molecule has 3 rings (SSSR count). The highest BCUT2D eigenvalue weighted by Crippen LogP contribution is 2.29. The number of aromatic nitrogens is 2. The van der Waals surface area contributed by atoms with Gasteiger partial charge in [-0.2, -0.15) is 0 Å². The Hall–Kier alpha value is -1.90. The van der Waals surface area contributed by atoms with Crippen LogP contribution in [0.4, 0.5) is 0 Å². The van der Waals surface area contributed by atoms with E-state index in [4.69, 9.17) is 14.7 Å². The topological polar surface area (TPSA) is 35.0 Å². The van der Waals surface area contributed by atoms with E-state index in [1.54, 1.807) is 0 Å². The third-order valence-electron chi connectivity index (χ3n) is 6.60. The maximum atomic E-state index is 5.89. The smallest absolute Gasteiger partial charge is 0.159 e. The zero-order valence-corrected chi connectivity index (χ0v) is 19.9. The first-order chi connectivity index (χ1) is 15.3. The lowest BCUT2D eigenvalue weighted by Crippen LogP contribution is -2.16. The molecule has 1 aliphatic carbocycles. The molecule has 31 heavy (non-hydrogen) atoms. The van der Waals surface area contributed by atoms with Crippen molar-refractivity contribution in [3.63, 3.8) is 0 Å². The molecule has 1 unspecified atom stereocenters. The highest BCUT2D eigenvalue weighted by Gasteiger charge is 2.20. The Morgan fingerprint density at radius 2 is 1.58 bits per heavy atom. The van der Waals surface area contributed by atoms with Crippen molar-refractivity contribution in [2.45, 2.75) is 104 Å². The number of rotatable bonds is 14. The zero-order chi connectivity index (χ0) is 21.7. The van der Waals surface area contributed by atoms with Crippen LogP contribution in [0, 0.1) is 5.92 Å². The van der Waals surface area contributed by atoms with Crippen molar-refractivity contribution in [2.24, 2.45) is 5.92 Å². The standard InChI is InChI=1S/C28H42N2O/c1-3-5-7-9-11-13-23-14-19-27-25(21-23)22-29-28(30-27)24-15-17-26(18-16-24)31-20-12-10-8-6-4-2/h15-18,22-23H,3-14,19-21H2,1-2H3. The number of aryl methyl sites for hydroxylation is 1. The summed E-state index contributed by atoms with van der Waals surface area (Å²) in [7, 11) is 0.